The predicted octanol–water partition coefficient (Wildman–Crippen LogP) is 6.00. The molecule has 2 unspecified atom stereocenters. The second-order valence-corrected chi connectivity index (χ2v) is 12.8. The van der Waals surface area contributed by atoms with Gasteiger partial charge in [-0.15, -0.1) is 11.3 Å². The maximum atomic E-state index is 12.8. The van der Waals surface area contributed by atoms with E-state index in [4.69, 9.17) is 14.0 Å². The van der Waals surface area contributed by atoms with E-state index in [-0.39, 0.29) is 11.8 Å². The van der Waals surface area contributed by atoms with Crippen LogP contribution in [0.25, 0.3) is 21.2 Å². The highest BCUT2D eigenvalue weighted by molar-refractivity contribution is 7.18. The number of benzene rings is 4. The first-order valence-electron chi connectivity index (χ1n) is 14.3. The SMILES string of the molecule is Cc1nc2cc3c(cc2s1)C1(CO3)C(=O)Nc2ccccc21.Cc1noc2cc3c(cc12)C1(CO3)C(=O)Nc2ccccc21. The summed E-state index contributed by atoms with van der Waals surface area (Å²) in [5.41, 5.74) is 6.46. The number of fused-ring (bicyclic) bond motifs is 10. The molecule has 2 N–H and O–H groups in total. The Morgan fingerprint density at radius 2 is 1.34 bits per heavy atom. The van der Waals surface area contributed by atoms with E-state index in [1.165, 1.54) is 0 Å². The molecule has 216 valence electrons. The van der Waals surface area contributed by atoms with E-state index in [0.717, 1.165) is 65.7 Å². The van der Waals surface area contributed by atoms with Crippen LogP contribution in [-0.4, -0.2) is 35.2 Å². The number of nitrogens with one attached hydrogen (secondary N) is 2. The summed E-state index contributed by atoms with van der Waals surface area (Å²) < 4.78 is 18.1. The summed E-state index contributed by atoms with van der Waals surface area (Å²) in [5, 5.41) is 11.9. The lowest BCUT2D eigenvalue weighted by molar-refractivity contribution is -0.120. The lowest BCUT2D eigenvalue weighted by Crippen LogP contribution is -2.37. The minimum Gasteiger partial charge on any atom is -0.491 e. The minimum absolute atomic E-state index is 0.00645. The van der Waals surface area contributed by atoms with Crippen LogP contribution in [0.15, 0.2) is 77.3 Å². The van der Waals surface area contributed by atoms with Crippen molar-refractivity contribution in [3.63, 3.8) is 0 Å². The van der Waals surface area contributed by atoms with Crippen LogP contribution in [0.2, 0.25) is 0 Å². The van der Waals surface area contributed by atoms with E-state index in [1.807, 2.05) is 80.6 Å². The van der Waals surface area contributed by atoms with Crippen LogP contribution in [0, 0.1) is 13.8 Å². The van der Waals surface area contributed by atoms with E-state index < -0.39 is 10.8 Å². The molecule has 2 atom stereocenters. The van der Waals surface area contributed by atoms with Crippen LogP contribution in [0.5, 0.6) is 11.5 Å². The maximum absolute atomic E-state index is 12.8. The summed E-state index contributed by atoms with van der Waals surface area (Å²) in [6, 6.07) is 23.5. The van der Waals surface area contributed by atoms with Crippen molar-refractivity contribution in [1.82, 2.24) is 10.1 Å². The Bertz CT molecular complexity index is 2230. The van der Waals surface area contributed by atoms with Crippen molar-refractivity contribution in [2.24, 2.45) is 0 Å². The molecule has 2 aromatic heterocycles. The number of hydrogen-bond acceptors (Lipinski definition) is 8. The van der Waals surface area contributed by atoms with Gasteiger partial charge in [-0.25, -0.2) is 4.98 Å². The highest BCUT2D eigenvalue weighted by atomic mass is 32.1. The van der Waals surface area contributed by atoms with Gasteiger partial charge < -0.3 is 24.6 Å². The van der Waals surface area contributed by atoms with Gasteiger partial charge >= 0.3 is 0 Å². The first-order valence-corrected chi connectivity index (χ1v) is 15.1. The van der Waals surface area contributed by atoms with E-state index >= 15 is 0 Å². The lowest BCUT2D eigenvalue weighted by Gasteiger charge is -2.19. The zero-order chi connectivity index (χ0) is 29.8. The molecule has 9 nitrogen and oxygen atoms in total. The third kappa shape index (κ3) is 3.17. The van der Waals surface area contributed by atoms with Crippen molar-refractivity contribution >= 4 is 55.7 Å². The van der Waals surface area contributed by atoms with Crippen molar-refractivity contribution in [3.05, 3.63) is 106 Å². The third-order valence-electron chi connectivity index (χ3n) is 9.20. The van der Waals surface area contributed by atoms with Crippen molar-refractivity contribution in [2.75, 3.05) is 23.8 Å². The topological polar surface area (TPSA) is 116 Å². The van der Waals surface area contributed by atoms with E-state index in [1.54, 1.807) is 11.3 Å². The molecule has 4 aliphatic heterocycles. The Hall–Kier alpha value is -5.22. The Kier molecular flexibility index (Phi) is 4.98. The average molecular weight is 601 g/mol. The minimum atomic E-state index is -0.774. The maximum Gasteiger partial charge on any atom is 0.243 e. The summed E-state index contributed by atoms with van der Waals surface area (Å²) in [5.74, 6) is 1.41. The fourth-order valence-electron chi connectivity index (χ4n) is 7.04. The van der Waals surface area contributed by atoms with E-state index in [2.05, 4.69) is 26.8 Å². The quantitative estimate of drug-likeness (QED) is 0.220. The first-order chi connectivity index (χ1) is 21.4. The average Bonchev–Trinajstić information content (AvgIpc) is 3.86. The molecule has 0 saturated carbocycles. The number of hydrogen-bond donors (Lipinski definition) is 2. The fraction of sp³-hybridized carbons (Fsp3) is 0.176. The molecule has 2 spiro atoms. The lowest BCUT2D eigenvalue weighted by atomic mass is 9.77. The number of carbonyl (C=O) groups is 2. The summed E-state index contributed by atoms with van der Waals surface area (Å²) in [6.07, 6.45) is 0. The molecule has 10 heteroatoms. The number of aryl methyl sites for hydroxylation is 2. The van der Waals surface area contributed by atoms with Gasteiger partial charge in [-0.2, -0.15) is 0 Å². The number of ether oxygens (including phenoxy) is 2. The molecule has 2 amide bonds. The van der Waals surface area contributed by atoms with Gasteiger partial charge in [0.1, 0.15) is 35.5 Å². The zero-order valence-corrected chi connectivity index (χ0v) is 24.5. The highest BCUT2D eigenvalue weighted by Gasteiger charge is 2.55. The first kappa shape index (κ1) is 25.3. The van der Waals surface area contributed by atoms with Crippen molar-refractivity contribution in [3.8, 4) is 11.5 Å². The van der Waals surface area contributed by atoms with Gasteiger partial charge in [-0.05, 0) is 49.2 Å². The van der Waals surface area contributed by atoms with Gasteiger partial charge in [-0.1, -0.05) is 41.6 Å². The molecule has 0 fully saturated rings. The second kappa shape index (κ2) is 8.67. The van der Waals surface area contributed by atoms with E-state index in [9.17, 15) is 9.59 Å². The number of para-hydroxylation sites is 2. The summed E-state index contributed by atoms with van der Waals surface area (Å²) >= 11 is 1.64. The van der Waals surface area contributed by atoms with Crippen molar-refractivity contribution < 1.29 is 23.6 Å². The normalized spacial score (nSPS) is 21.8. The molecule has 0 aliphatic carbocycles. The molecule has 4 aromatic carbocycles. The van der Waals surface area contributed by atoms with Gasteiger partial charge in [0.15, 0.2) is 5.58 Å². The van der Waals surface area contributed by atoms with Crippen LogP contribution >= 0.6 is 11.3 Å². The smallest absolute Gasteiger partial charge is 0.243 e. The number of thiazole rings is 1. The van der Waals surface area contributed by atoms with Crippen LogP contribution in [0.1, 0.15) is 33.0 Å². The Labute approximate surface area is 254 Å². The van der Waals surface area contributed by atoms with Crippen molar-refractivity contribution in [1.29, 1.82) is 0 Å². The molecular weight excluding hydrogens is 576 g/mol. The number of carbonyl (C=O) groups excluding carboxylic acids is 2. The molecule has 44 heavy (non-hydrogen) atoms. The zero-order valence-electron chi connectivity index (χ0n) is 23.7. The number of anilines is 2. The van der Waals surface area contributed by atoms with Crippen LogP contribution in [0.4, 0.5) is 11.4 Å². The summed E-state index contributed by atoms with van der Waals surface area (Å²) in [7, 11) is 0. The molecule has 4 aliphatic rings. The Morgan fingerprint density at radius 1 is 0.750 bits per heavy atom. The molecule has 10 rings (SSSR count). The van der Waals surface area contributed by atoms with Crippen LogP contribution < -0.4 is 20.1 Å². The summed E-state index contributed by atoms with van der Waals surface area (Å²) in [6.45, 7) is 4.54. The fourth-order valence-corrected chi connectivity index (χ4v) is 7.89. The number of rotatable bonds is 0. The van der Waals surface area contributed by atoms with Crippen LogP contribution in [0.3, 0.4) is 0 Å². The van der Waals surface area contributed by atoms with Gasteiger partial charge in [0.05, 0.1) is 20.9 Å². The van der Waals surface area contributed by atoms with Crippen molar-refractivity contribution in [2.45, 2.75) is 24.7 Å². The largest absolute Gasteiger partial charge is 0.491 e. The molecule has 0 saturated heterocycles. The van der Waals surface area contributed by atoms with Gasteiger partial charge in [0.2, 0.25) is 11.8 Å². The van der Waals surface area contributed by atoms with E-state index in [0.29, 0.717) is 24.5 Å². The Morgan fingerprint density at radius 3 is 2.00 bits per heavy atom. The standard InChI is InChI=1S/C17H12N2O3.C17H12N2O2S/c1-9-10-6-12-15(7-14(10)22-19-9)21-8-17(12)11-4-2-3-5-13(11)18-16(17)20;1-9-18-13-7-14-11(6-15(13)22-9)17(8-21-14)10-4-2-3-5-12(10)19-16(17)20/h2-7H,8H2,1H3,(H,18,20);2-7H,8H2,1H3,(H,19,20). The molecule has 0 bridgehead atoms. The molecule has 6 heterocycles. The van der Waals surface area contributed by atoms with Gasteiger partial charge in [0, 0.05) is 40.0 Å². The number of aromatic nitrogens is 2. The molecule has 0 radical (unpaired) electrons. The van der Waals surface area contributed by atoms with Crippen LogP contribution in [-0.2, 0) is 20.4 Å². The summed E-state index contributed by atoms with van der Waals surface area (Å²) in [4.78, 5) is 30.0. The van der Waals surface area contributed by atoms with Gasteiger partial charge in [0.25, 0.3) is 0 Å². The highest BCUT2D eigenvalue weighted by Crippen LogP contribution is 2.52. The third-order valence-corrected chi connectivity index (χ3v) is 10.1. The molecule has 6 aromatic rings. The number of amides is 2. The second-order valence-electron chi connectivity index (χ2n) is 11.5. The number of nitrogens with zero attached hydrogens (tertiary/aromatic N) is 2. The monoisotopic (exact) mass is 600 g/mol. The predicted molar refractivity (Wildman–Crippen MR) is 166 cm³/mol. The molecular formula is C34H24N4O5S. The Balaban J connectivity index is 0.000000123. The van der Waals surface area contributed by atoms with Gasteiger partial charge in [-0.3, -0.25) is 9.59 Å².